The molecule has 31 heavy (non-hydrogen) atoms. The van der Waals surface area contributed by atoms with Gasteiger partial charge in [0.2, 0.25) is 0 Å². The summed E-state index contributed by atoms with van der Waals surface area (Å²) in [6.07, 6.45) is -4.69. The SMILES string of the molecule is COc1ccc(N=Nc2c(N)nn3c(C(F)(F)F)cc(-c4ccc(Br)cc4)nc23)cc1. The van der Waals surface area contributed by atoms with Crippen LogP contribution in [0, 0.1) is 0 Å². The number of ether oxygens (including phenoxy) is 1. The summed E-state index contributed by atoms with van der Waals surface area (Å²) in [7, 11) is 1.53. The predicted molar refractivity (Wildman–Crippen MR) is 113 cm³/mol. The molecule has 0 atom stereocenters. The van der Waals surface area contributed by atoms with Crippen molar-refractivity contribution in [3.63, 3.8) is 0 Å². The molecule has 0 bridgehead atoms. The predicted octanol–water partition coefficient (Wildman–Crippen LogP) is 6.18. The summed E-state index contributed by atoms with van der Waals surface area (Å²) in [5, 5.41) is 11.9. The molecule has 0 amide bonds. The maximum Gasteiger partial charge on any atom is 0.433 e. The Morgan fingerprint density at radius 3 is 2.32 bits per heavy atom. The first-order valence-corrected chi connectivity index (χ1v) is 9.64. The lowest BCUT2D eigenvalue weighted by Crippen LogP contribution is -2.13. The molecule has 0 saturated heterocycles. The van der Waals surface area contributed by atoms with E-state index in [4.69, 9.17) is 10.5 Å². The van der Waals surface area contributed by atoms with Crippen molar-refractivity contribution in [2.75, 3.05) is 12.8 Å². The number of halogens is 4. The number of aromatic nitrogens is 3. The van der Waals surface area contributed by atoms with Gasteiger partial charge in [0.15, 0.2) is 22.8 Å². The molecule has 0 fully saturated rings. The number of anilines is 1. The Hall–Kier alpha value is -3.47. The maximum atomic E-state index is 13.7. The molecule has 2 aromatic carbocycles. The highest BCUT2D eigenvalue weighted by Gasteiger charge is 2.36. The summed E-state index contributed by atoms with van der Waals surface area (Å²) in [6.45, 7) is 0. The number of hydrogen-bond acceptors (Lipinski definition) is 6. The maximum absolute atomic E-state index is 13.7. The molecular formula is C20H14BrF3N6O. The smallest absolute Gasteiger partial charge is 0.433 e. The van der Waals surface area contributed by atoms with Crippen LogP contribution >= 0.6 is 15.9 Å². The first kappa shape index (κ1) is 20.8. The number of nitrogens with zero attached hydrogens (tertiary/aromatic N) is 5. The van der Waals surface area contributed by atoms with E-state index in [9.17, 15) is 13.2 Å². The molecule has 0 radical (unpaired) electrons. The van der Waals surface area contributed by atoms with Crippen LogP contribution in [0.1, 0.15) is 5.69 Å². The van der Waals surface area contributed by atoms with Crippen molar-refractivity contribution < 1.29 is 17.9 Å². The van der Waals surface area contributed by atoms with Crippen LogP contribution in [0.3, 0.4) is 0 Å². The molecule has 0 aliphatic heterocycles. The van der Waals surface area contributed by atoms with E-state index in [1.807, 2.05) is 0 Å². The number of benzene rings is 2. The third-order valence-electron chi connectivity index (χ3n) is 4.36. The lowest BCUT2D eigenvalue weighted by Gasteiger charge is -2.11. The van der Waals surface area contributed by atoms with Gasteiger partial charge in [-0.1, -0.05) is 28.1 Å². The van der Waals surface area contributed by atoms with Gasteiger partial charge in [-0.05, 0) is 42.5 Å². The molecule has 2 heterocycles. The van der Waals surface area contributed by atoms with Crippen LogP contribution in [0.2, 0.25) is 0 Å². The molecule has 0 aliphatic rings. The van der Waals surface area contributed by atoms with E-state index >= 15 is 0 Å². The van der Waals surface area contributed by atoms with Crippen molar-refractivity contribution in [2.45, 2.75) is 6.18 Å². The number of hydrogen-bond donors (Lipinski definition) is 1. The Balaban J connectivity index is 1.87. The Bertz CT molecular complexity index is 1270. The number of nitrogen functional groups attached to an aromatic ring is 1. The molecule has 0 spiro atoms. The minimum Gasteiger partial charge on any atom is -0.497 e. The third kappa shape index (κ3) is 4.22. The molecule has 4 aromatic rings. The van der Waals surface area contributed by atoms with E-state index in [0.29, 0.717) is 21.5 Å². The molecule has 7 nitrogen and oxygen atoms in total. The number of fused-ring (bicyclic) bond motifs is 1. The van der Waals surface area contributed by atoms with Gasteiger partial charge in [-0.25, -0.2) is 9.50 Å². The van der Waals surface area contributed by atoms with Crippen molar-refractivity contribution in [1.82, 2.24) is 14.6 Å². The van der Waals surface area contributed by atoms with E-state index in [1.165, 1.54) is 7.11 Å². The number of nitrogens with two attached hydrogens (primary N) is 1. The fourth-order valence-electron chi connectivity index (χ4n) is 2.85. The average Bonchev–Trinajstić information content (AvgIpc) is 3.06. The molecule has 2 N–H and O–H groups in total. The monoisotopic (exact) mass is 490 g/mol. The first-order chi connectivity index (χ1) is 14.8. The van der Waals surface area contributed by atoms with Crippen LogP contribution in [0.4, 0.5) is 30.4 Å². The van der Waals surface area contributed by atoms with Crippen molar-refractivity contribution in [3.8, 4) is 17.0 Å². The summed E-state index contributed by atoms with van der Waals surface area (Å²) >= 11 is 3.30. The molecule has 11 heteroatoms. The third-order valence-corrected chi connectivity index (χ3v) is 4.89. The second-order valence-electron chi connectivity index (χ2n) is 6.40. The zero-order valence-electron chi connectivity index (χ0n) is 15.9. The van der Waals surface area contributed by atoms with E-state index in [1.54, 1.807) is 48.5 Å². The van der Waals surface area contributed by atoms with Crippen molar-refractivity contribution >= 4 is 38.8 Å². The summed E-state index contributed by atoms with van der Waals surface area (Å²) in [5.74, 6) is 0.410. The van der Waals surface area contributed by atoms with Crippen molar-refractivity contribution in [2.24, 2.45) is 10.2 Å². The minimum atomic E-state index is -4.69. The van der Waals surface area contributed by atoms with E-state index in [0.717, 1.165) is 10.5 Å². The Labute approximate surface area is 182 Å². The number of rotatable bonds is 4. The highest BCUT2D eigenvalue weighted by atomic mass is 79.9. The zero-order chi connectivity index (χ0) is 22.2. The quantitative estimate of drug-likeness (QED) is 0.345. The van der Waals surface area contributed by atoms with Crippen LogP contribution in [-0.4, -0.2) is 21.7 Å². The van der Waals surface area contributed by atoms with Crippen LogP contribution < -0.4 is 10.5 Å². The van der Waals surface area contributed by atoms with Gasteiger partial charge in [0.1, 0.15) is 5.75 Å². The zero-order valence-corrected chi connectivity index (χ0v) is 17.5. The molecular weight excluding hydrogens is 477 g/mol. The minimum absolute atomic E-state index is 0.0553. The molecule has 0 aliphatic carbocycles. The Morgan fingerprint density at radius 2 is 1.71 bits per heavy atom. The summed E-state index contributed by atoms with van der Waals surface area (Å²) < 4.78 is 47.7. The number of azo groups is 1. The largest absolute Gasteiger partial charge is 0.497 e. The van der Waals surface area contributed by atoms with E-state index in [2.05, 4.69) is 36.2 Å². The summed E-state index contributed by atoms with van der Waals surface area (Å²) in [4.78, 5) is 4.34. The molecule has 0 saturated carbocycles. The fourth-order valence-corrected chi connectivity index (χ4v) is 3.11. The van der Waals surface area contributed by atoms with Crippen LogP contribution in [0.15, 0.2) is 69.3 Å². The Kier molecular flexibility index (Phi) is 5.36. The first-order valence-electron chi connectivity index (χ1n) is 8.84. The standard InChI is InChI=1S/C20H14BrF3N6O/c1-31-14-8-6-13(7-9-14)27-28-17-18(25)29-30-16(20(22,23)24)10-15(26-19(17)30)11-2-4-12(21)5-3-11/h2-10H,1H3,(H2,25,29). The average molecular weight is 491 g/mol. The second-order valence-corrected chi connectivity index (χ2v) is 7.31. The van der Waals surface area contributed by atoms with Crippen molar-refractivity contribution in [1.29, 1.82) is 0 Å². The van der Waals surface area contributed by atoms with Gasteiger partial charge in [-0.15, -0.1) is 10.2 Å². The van der Waals surface area contributed by atoms with E-state index < -0.39 is 11.9 Å². The Morgan fingerprint density at radius 1 is 1.03 bits per heavy atom. The highest BCUT2D eigenvalue weighted by Crippen LogP contribution is 2.37. The van der Waals surface area contributed by atoms with Crippen LogP contribution in [0.25, 0.3) is 16.9 Å². The van der Waals surface area contributed by atoms with Gasteiger partial charge in [-0.3, -0.25) is 0 Å². The lowest BCUT2D eigenvalue weighted by molar-refractivity contribution is -0.142. The summed E-state index contributed by atoms with van der Waals surface area (Å²) in [5.41, 5.74) is 5.70. The van der Waals surface area contributed by atoms with Gasteiger partial charge < -0.3 is 10.5 Å². The number of methoxy groups -OCH3 is 1. The van der Waals surface area contributed by atoms with Gasteiger partial charge in [0.25, 0.3) is 0 Å². The van der Waals surface area contributed by atoms with Gasteiger partial charge >= 0.3 is 6.18 Å². The fraction of sp³-hybridized carbons (Fsp3) is 0.100. The van der Waals surface area contributed by atoms with Crippen LogP contribution in [-0.2, 0) is 6.18 Å². The lowest BCUT2D eigenvalue weighted by atomic mass is 10.1. The van der Waals surface area contributed by atoms with E-state index in [-0.39, 0.29) is 22.8 Å². The van der Waals surface area contributed by atoms with Gasteiger partial charge in [-0.2, -0.15) is 18.3 Å². The molecule has 158 valence electrons. The molecule has 4 rings (SSSR count). The van der Waals surface area contributed by atoms with Crippen LogP contribution in [0.5, 0.6) is 5.75 Å². The highest BCUT2D eigenvalue weighted by molar-refractivity contribution is 9.10. The molecule has 0 unspecified atom stereocenters. The molecule has 2 aromatic heterocycles. The normalized spacial score (nSPS) is 12.0. The number of alkyl halides is 3. The second kappa shape index (κ2) is 7.99. The van der Waals surface area contributed by atoms with Crippen molar-refractivity contribution in [3.05, 3.63) is 64.8 Å². The van der Waals surface area contributed by atoms with Gasteiger partial charge in [0.05, 0.1) is 18.5 Å². The van der Waals surface area contributed by atoms with Gasteiger partial charge in [0, 0.05) is 10.0 Å². The topological polar surface area (TPSA) is 90.2 Å². The summed E-state index contributed by atoms with van der Waals surface area (Å²) in [6, 6.07) is 14.3.